The van der Waals surface area contributed by atoms with Crippen molar-refractivity contribution in [2.24, 2.45) is 0 Å². The number of nitrogens with one attached hydrogen (secondary N) is 1. The molecule has 1 amide bonds. The molecule has 0 aliphatic carbocycles. The zero-order chi connectivity index (χ0) is 14.4. The number of thioether (sulfide) groups is 1. The van der Waals surface area contributed by atoms with E-state index >= 15 is 0 Å². The van der Waals surface area contributed by atoms with Gasteiger partial charge in [0.05, 0.1) is 18.3 Å². The quantitative estimate of drug-likeness (QED) is 0.622. The predicted molar refractivity (Wildman–Crippen MR) is 83.1 cm³/mol. The Labute approximate surface area is 123 Å². The monoisotopic (exact) mass is 292 g/mol. The Balaban J connectivity index is 1.91. The largest absolute Gasteiger partial charge is 0.392 e. The highest BCUT2D eigenvalue weighted by Crippen LogP contribution is 2.26. The number of anilines is 1. The van der Waals surface area contributed by atoms with Gasteiger partial charge >= 0.3 is 0 Å². The van der Waals surface area contributed by atoms with Crippen LogP contribution >= 0.6 is 11.8 Å². The third-order valence-corrected chi connectivity index (χ3v) is 4.20. The molecule has 0 aromatic heterocycles. The molecule has 2 N–H and O–H groups in total. The first kappa shape index (κ1) is 15.1. The van der Waals surface area contributed by atoms with Gasteiger partial charge in [0, 0.05) is 23.7 Å². The SMILES string of the molecule is C=CCSc1ccccc1NC(=O)CN1CC[C@H](O)C1. The van der Waals surface area contributed by atoms with E-state index in [1.807, 2.05) is 35.2 Å². The fourth-order valence-electron chi connectivity index (χ4n) is 2.19. The molecule has 1 atom stereocenters. The number of rotatable bonds is 6. The number of likely N-dealkylation sites (tertiary alicyclic amines) is 1. The minimum atomic E-state index is -0.293. The van der Waals surface area contributed by atoms with Gasteiger partial charge in [0.1, 0.15) is 0 Å². The molecule has 0 bridgehead atoms. The third-order valence-electron chi connectivity index (χ3n) is 3.13. The van der Waals surface area contributed by atoms with E-state index in [1.54, 1.807) is 11.8 Å². The fraction of sp³-hybridized carbons (Fsp3) is 0.400. The average molecular weight is 292 g/mol. The topological polar surface area (TPSA) is 52.6 Å². The van der Waals surface area contributed by atoms with Crippen molar-refractivity contribution >= 4 is 23.4 Å². The van der Waals surface area contributed by atoms with Gasteiger partial charge in [-0.1, -0.05) is 18.2 Å². The highest BCUT2D eigenvalue weighted by Gasteiger charge is 2.22. The van der Waals surface area contributed by atoms with Crippen molar-refractivity contribution in [1.29, 1.82) is 0 Å². The summed E-state index contributed by atoms with van der Waals surface area (Å²) in [6, 6.07) is 7.76. The minimum Gasteiger partial charge on any atom is -0.392 e. The number of hydrogen-bond donors (Lipinski definition) is 2. The Hall–Kier alpha value is -1.30. The average Bonchev–Trinajstić information content (AvgIpc) is 2.83. The van der Waals surface area contributed by atoms with Crippen LogP contribution in [-0.4, -0.2) is 47.4 Å². The zero-order valence-corrected chi connectivity index (χ0v) is 12.2. The van der Waals surface area contributed by atoms with E-state index in [4.69, 9.17) is 0 Å². The van der Waals surface area contributed by atoms with Crippen LogP contribution in [0.2, 0.25) is 0 Å². The molecule has 0 unspecified atom stereocenters. The van der Waals surface area contributed by atoms with Gasteiger partial charge in [-0.3, -0.25) is 9.69 Å². The van der Waals surface area contributed by atoms with Crippen molar-refractivity contribution in [2.45, 2.75) is 17.4 Å². The van der Waals surface area contributed by atoms with E-state index in [0.29, 0.717) is 13.1 Å². The Morgan fingerprint density at radius 2 is 2.35 bits per heavy atom. The number of aliphatic hydroxyl groups excluding tert-OH is 1. The molecule has 1 saturated heterocycles. The number of hydrogen-bond acceptors (Lipinski definition) is 4. The number of para-hydroxylation sites is 1. The van der Waals surface area contributed by atoms with Crippen LogP contribution in [0, 0.1) is 0 Å². The summed E-state index contributed by atoms with van der Waals surface area (Å²) in [4.78, 5) is 15.1. The molecular weight excluding hydrogens is 272 g/mol. The van der Waals surface area contributed by atoms with Crippen LogP contribution in [0.3, 0.4) is 0 Å². The Morgan fingerprint density at radius 3 is 3.05 bits per heavy atom. The highest BCUT2D eigenvalue weighted by atomic mass is 32.2. The van der Waals surface area contributed by atoms with Crippen LogP contribution < -0.4 is 5.32 Å². The molecule has 2 rings (SSSR count). The number of benzene rings is 1. The number of amides is 1. The van der Waals surface area contributed by atoms with Crippen LogP contribution in [0.1, 0.15) is 6.42 Å². The number of carbonyl (C=O) groups is 1. The third kappa shape index (κ3) is 4.37. The lowest BCUT2D eigenvalue weighted by atomic mass is 10.3. The van der Waals surface area contributed by atoms with Crippen molar-refractivity contribution in [1.82, 2.24) is 4.90 Å². The van der Waals surface area contributed by atoms with Gasteiger partial charge in [0.25, 0.3) is 0 Å². The molecule has 1 fully saturated rings. The zero-order valence-electron chi connectivity index (χ0n) is 11.4. The highest BCUT2D eigenvalue weighted by molar-refractivity contribution is 7.99. The summed E-state index contributed by atoms with van der Waals surface area (Å²) >= 11 is 1.65. The van der Waals surface area contributed by atoms with E-state index in [9.17, 15) is 9.90 Å². The molecule has 20 heavy (non-hydrogen) atoms. The maximum absolute atomic E-state index is 12.0. The molecular formula is C15H20N2O2S. The van der Waals surface area contributed by atoms with E-state index < -0.39 is 0 Å². The Bertz CT molecular complexity index is 479. The maximum atomic E-state index is 12.0. The molecule has 5 heteroatoms. The van der Waals surface area contributed by atoms with Gasteiger partial charge in [-0.25, -0.2) is 0 Å². The molecule has 0 radical (unpaired) electrons. The number of carbonyl (C=O) groups excluding carboxylic acids is 1. The van der Waals surface area contributed by atoms with E-state index in [2.05, 4.69) is 11.9 Å². The van der Waals surface area contributed by atoms with E-state index in [0.717, 1.165) is 29.3 Å². The van der Waals surface area contributed by atoms with Crippen LogP contribution in [-0.2, 0) is 4.79 Å². The van der Waals surface area contributed by atoms with Crippen LogP contribution in [0.4, 0.5) is 5.69 Å². The summed E-state index contributed by atoms with van der Waals surface area (Å²) in [6.07, 6.45) is 2.30. The van der Waals surface area contributed by atoms with Gasteiger partial charge in [0.15, 0.2) is 0 Å². The molecule has 1 aliphatic heterocycles. The van der Waals surface area contributed by atoms with Gasteiger partial charge < -0.3 is 10.4 Å². The van der Waals surface area contributed by atoms with Crippen molar-refractivity contribution in [3.63, 3.8) is 0 Å². The van der Waals surface area contributed by atoms with Crippen LogP contribution in [0.25, 0.3) is 0 Å². The first-order valence-electron chi connectivity index (χ1n) is 6.72. The normalized spacial score (nSPS) is 18.9. The predicted octanol–water partition coefficient (Wildman–Crippen LogP) is 1.97. The number of aliphatic hydroxyl groups is 1. The summed E-state index contributed by atoms with van der Waals surface area (Å²) in [5.41, 5.74) is 0.837. The van der Waals surface area contributed by atoms with Crippen LogP contribution in [0.15, 0.2) is 41.8 Å². The van der Waals surface area contributed by atoms with Crippen molar-refractivity contribution in [3.05, 3.63) is 36.9 Å². The summed E-state index contributed by atoms with van der Waals surface area (Å²) in [5, 5.41) is 12.4. The van der Waals surface area contributed by atoms with Gasteiger partial charge in [-0.05, 0) is 18.6 Å². The number of β-amino-alcohol motifs (C(OH)–C–C–N with tert-alkyl or cyclic N) is 1. The minimum absolute atomic E-state index is 0.0363. The summed E-state index contributed by atoms with van der Waals surface area (Å²) < 4.78 is 0. The van der Waals surface area contributed by atoms with Crippen molar-refractivity contribution in [2.75, 3.05) is 30.7 Å². The molecule has 0 saturated carbocycles. The second-order valence-corrected chi connectivity index (χ2v) is 5.88. The molecule has 1 heterocycles. The van der Waals surface area contributed by atoms with E-state index in [1.165, 1.54) is 0 Å². The second-order valence-electron chi connectivity index (χ2n) is 4.82. The maximum Gasteiger partial charge on any atom is 0.238 e. The molecule has 4 nitrogen and oxygen atoms in total. The smallest absolute Gasteiger partial charge is 0.238 e. The molecule has 1 aromatic rings. The first-order chi connectivity index (χ1) is 9.69. The van der Waals surface area contributed by atoms with Gasteiger partial charge in [0.2, 0.25) is 5.91 Å². The Kier molecular flexibility index (Phi) is 5.64. The van der Waals surface area contributed by atoms with Crippen LogP contribution in [0.5, 0.6) is 0 Å². The molecule has 1 aliphatic rings. The first-order valence-corrected chi connectivity index (χ1v) is 7.70. The Morgan fingerprint density at radius 1 is 1.55 bits per heavy atom. The van der Waals surface area contributed by atoms with E-state index in [-0.39, 0.29) is 12.0 Å². The van der Waals surface area contributed by atoms with Gasteiger partial charge in [-0.2, -0.15) is 0 Å². The second kappa shape index (κ2) is 7.47. The molecule has 1 aromatic carbocycles. The summed E-state index contributed by atoms with van der Waals surface area (Å²) in [7, 11) is 0. The molecule has 0 spiro atoms. The van der Waals surface area contributed by atoms with Gasteiger partial charge in [-0.15, -0.1) is 18.3 Å². The lowest BCUT2D eigenvalue weighted by Gasteiger charge is -2.15. The van der Waals surface area contributed by atoms with Crippen molar-refractivity contribution < 1.29 is 9.90 Å². The summed E-state index contributed by atoms with van der Waals surface area (Å²) in [6.45, 7) is 5.40. The van der Waals surface area contributed by atoms with Crippen molar-refractivity contribution in [3.8, 4) is 0 Å². The fourth-order valence-corrected chi connectivity index (χ4v) is 2.94. The lowest BCUT2D eigenvalue weighted by Crippen LogP contribution is -2.32. The number of nitrogens with zero attached hydrogens (tertiary/aromatic N) is 1. The lowest BCUT2D eigenvalue weighted by molar-refractivity contribution is -0.117. The standard InChI is InChI=1S/C15H20N2O2S/c1-2-9-20-14-6-4-3-5-13(14)16-15(19)11-17-8-7-12(18)10-17/h2-6,12,18H,1,7-11H2,(H,16,19)/t12-/m0/s1. The summed E-state index contributed by atoms with van der Waals surface area (Å²) in [5.74, 6) is 0.774. The molecule has 108 valence electrons.